The zero-order chi connectivity index (χ0) is 45.3. The summed E-state index contributed by atoms with van der Waals surface area (Å²) >= 11 is 1.89. The van der Waals surface area contributed by atoms with Crippen LogP contribution in [0.15, 0.2) is 259 Å². The Hall–Kier alpha value is -8.37. The molecule has 0 saturated carbocycles. The molecule has 322 valence electrons. The van der Waals surface area contributed by atoms with Crippen LogP contribution in [-0.4, -0.2) is 0 Å². The van der Waals surface area contributed by atoms with Gasteiger partial charge in [-0.1, -0.05) is 218 Å². The van der Waals surface area contributed by atoms with Gasteiger partial charge in [-0.05, 0) is 103 Å². The minimum atomic E-state index is -0.628. The summed E-state index contributed by atoms with van der Waals surface area (Å²) in [6.07, 6.45) is 0. The molecular weight excluding hydrogens is 855 g/mol. The summed E-state index contributed by atoms with van der Waals surface area (Å²) in [7, 11) is 0. The molecule has 0 unspecified atom stereocenters. The maximum atomic E-state index is 6.79. The lowest BCUT2D eigenvalue weighted by Crippen LogP contribution is -2.32. The van der Waals surface area contributed by atoms with Crippen molar-refractivity contribution in [1.29, 1.82) is 0 Å². The lowest BCUT2D eigenvalue weighted by atomic mass is 9.66. The van der Waals surface area contributed by atoms with Crippen LogP contribution in [0.4, 0.5) is 17.1 Å². The molecule has 3 heteroatoms. The number of nitrogens with zero attached hydrogens (tertiary/aromatic N) is 1. The fourth-order valence-corrected chi connectivity index (χ4v) is 14.1. The first-order chi connectivity index (χ1) is 34.3. The molecule has 2 aliphatic heterocycles. The van der Waals surface area contributed by atoms with Crippen molar-refractivity contribution in [2.75, 3.05) is 4.90 Å². The van der Waals surface area contributed by atoms with Crippen LogP contribution in [0, 0.1) is 0 Å². The molecule has 0 aromatic heterocycles. The third kappa shape index (κ3) is 5.07. The van der Waals surface area contributed by atoms with Crippen LogP contribution in [0.1, 0.15) is 44.5 Å². The second-order valence-electron chi connectivity index (χ2n) is 18.6. The van der Waals surface area contributed by atoms with E-state index in [-0.39, 0.29) is 0 Å². The van der Waals surface area contributed by atoms with E-state index in [4.69, 9.17) is 4.74 Å². The van der Waals surface area contributed by atoms with Gasteiger partial charge in [0, 0.05) is 37.4 Å². The number of rotatable bonds is 4. The lowest BCUT2D eigenvalue weighted by Gasteiger charge is -2.40. The van der Waals surface area contributed by atoms with Crippen LogP contribution in [0.5, 0.6) is 11.5 Å². The van der Waals surface area contributed by atoms with Crippen molar-refractivity contribution in [2.45, 2.75) is 20.6 Å². The Kier molecular flexibility index (Phi) is 8.17. The molecule has 0 fully saturated rings. The highest BCUT2D eigenvalue weighted by Crippen LogP contribution is 2.67. The predicted molar refractivity (Wildman–Crippen MR) is 283 cm³/mol. The first kappa shape index (κ1) is 38.7. The Morgan fingerprint density at radius 1 is 0.304 bits per heavy atom. The molecular formula is C66H41NOS. The topological polar surface area (TPSA) is 12.5 Å². The van der Waals surface area contributed by atoms with E-state index in [1.807, 2.05) is 11.8 Å². The van der Waals surface area contributed by atoms with Crippen molar-refractivity contribution in [3.63, 3.8) is 0 Å². The second kappa shape index (κ2) is 14.6. The number of hydrogen-bond acceptors (Lipinski definition) is 3. The third-order valence-electron chi connectivity index (χ3n) is 15.4. The summed E-state index contributed by atoms with van der Waals surface area (Å²) in [5.41, 5.74) is 19.6. The summed E-state index contributed by atoms with van der Waals surface area (Å²) < 4.78 is 6.79. The summed E-state index contributed by atoms with van der Waals surface area (Å²) in [5, 5.41) is 2.43. The smallest absolute Gasteiger partial charge is 0.132 e. The Labute approximate surface area is 405 Å². The molecule has 0 bridgehead atoms. The van der Waals surface area contributed by atoms with Gasteiger partial charge in [0.1, 0.15) is 11.5 Å². The van der Waals surface area contributed by atoms with Gasteiger partial charge < -0.3 is 9.64 Å². The minimum Gasteiger partial charge on any atom is -0.457 e. The van der Waals surface area contributed by atoms with Gasteiger partial charge >= 0.3 is 0 Å². The highest BCUT2D eigenvalue weighted by Gasteiger charge is 2.53. The number of fused-ring (bicyclic) bond motifs is 20. The maximum absolute atomic E-state index is 6.79. The summed E-state index contributed by atoms with van der Waals surface area (Å²) in [5.74, 6) is 1.77. The van der Waals surface area contributed by atoms with E-state index >= 15 is 0 Å². The number of ether oxygens (including phenoxy) is 1. The van der Waals surface area contributed by atoms with E-state index in [1.54, 1.807) is 0 Å². The van der Waals surface area contributed by atoms with Crippen LogP contribution in [0.2, 0.25) is 0 Å². The molecule has 69 heavy (non-hydrogen) atoms. The molecule has 4 aliphatic rings. The Morgan fingerprint density at radius 3 is 1.43 bits per heavy atom. The van der Waals surface area contributed by atoms with E-state index in [1.165, 1.54) is 76.2 Å². The molecule has 2 nitrogen and oxygen atoms in total. The van der Waals surface area contributed by atoms with Crippen LogP contribution >= 0.6 is 11.8 Å². The quantitative estimate of drug-likeness (QED) is 0.175. The monoisotopic (exact) mass is 895 g/mol. The first-order valence-corrected chi connectivity index (χ1v) is 24.7. The Morgan fingerprint density at radius 2 is 0.768 bits per heavy atom. The van der Waals surface area contributed by atoms with Crippen LogP contribution in [0.3, 0.4) is 0 Å². The van der Waals surface area contributed by atoms with Gasteiger partial charge in [0.25, 0.3) is 0 Å². The van der Waals surface area contributed by atoms with Crippen molar-refractivity contribution in [3.05, 3.63) is 293 Å². The van der Waals surface area contributed by atoms with Gasteiger partial charge in [0.2, 0.25) is 0 Å². The van der Waals surface area contributed by atoms with Crippen molar-refractivity contribution in [3.8, 4) is 44.9 Å². The molecule has 2 heterocycles. The van der Waals surface area contributed by atoms with Crippen molar-refractivity contribution in [2.24, 2.45) is 0 Å². The molecule has 2 aliphatic carbocycles. The van der Waals surface area contributed by atoms with Gasteiger partial charge in [0.05, 0.1) is 27.9 Å². The van der Waals surface area contributed by atoms with E-state index < -0.39 is 10.8 Å². The fourth-order valence-electron chi connectivity index (χ4n) is 12.9. The van der Waals surface area contributed by atoms with Gasteiger partial charge in [-0.15, -0.1) is 0 Å². The third-order valence-corrected chi connectivity index (χ3v) is 16.5. The predicted octanol–water partition coefficient (Wildman–Crippen LogP) is 17.3. The number of anilines is 3. The van der Waals surface area contributed by atoms with E-state index in [2.05, 4.69) is 254 Å². The molecule has 0 amide bonds. The lowest BCUT2D eigenvalue weighted by molar-refractivity contribution is 0.436. The minimum absolute atomic E-state index is 0.571. The Bertz CT molecular complexity index is 3850. The Balaban J connectivity index is 1.11. The number of benzene rings is 11. The molecule has 0 atom stereocenters. The molecule has 11 aromatic rings. The van der Waals surface area contributed by atoms with Crippen LogP contribution in [-0.2, 0) is 10.8 Å². The highest BCUT2D eigenvalue weighted by atomic mass is 32.2. The normalized spacial score (nSPS) is 14.4. The van der Waals surface area contributed by atoms with Crippen molar-refractivity contribution in [1.82, 2.24) is 0 Å². The van der Waals surface area contributed by atoms with Crippen molar-refractivity contribution >= 4 is 39.6 Å². The largest absolute Gasteiger partial charge is 0.457 e. The zero-order valence-corrected chi connectivity index (χ0v) is 38.3. The SMILES string of the molecule is c1ccc(-c2ccccc2N(c2cccc3c2-c2ccccc2C32c3ccccc3Oc3ccccc32)c2cc3c(c4ccccc24)-c2ccccc2C32c3ccccc3Sc3ccccc32)cc1. The molecule has 15 rings (SSSR count). The number of hydrogen-bond donors (Lipinski definition) is 0. The summed E-state index contributed by atoms with van der Waals surface area (Å²) in [4.78, 5) is 5.20. The van der Waals surface area contributed by atoms with Gasteiger partial charge in [0.15, 0.2) is 0 Å². The van der Waals surface area contributed by atoms with Crippen LogP contribution in [0.25, 0.3) is 44.2 Å². The van der Waals surface area contributed by atoms with Gasteiger partial charge in [-0.3, -0.25) is 0 Å². The molecule has 0 N–H and O–H groups in total. The molecule has 2 spiro atoms. The van der Waals surface area contributed by atoms with Crippen molar-refractivity contribution < 1.29 is 4.74 Å². The van der Waals surface area contributed by atoms with Gasteiger partial charge in [-0.2, -0.15) is 0 Å². The molecule has 0 saturated heterocycles. The van der Waals surface area contributed by atoms with E-state index in [0.717, 1.165) is 50.8 Å². The van der Waals surface area contributed by atoms with Crippen LogP contribution < -0.4 is 9.64 Å². The fraction of sp³-hybridized carbons (Fsp3) is 0.0303. The maximum Gasteiger partial charge on any atom is 0.132 e. The van der Waals surface area contributed by atoms with E-state index in [0.29, 0.717) is 0 Å². The van der Waals surface area contributed by atoms with E-state index in [9.17, 15) is 0 Å². The highest BCUT2D eigenvalue weighted by molar-refractivity contribution is 7.99. The average molecular weight is 896 g/mol. The average Bonchev–Trinajstić information content (AvgIpc) is 3.88. The molecule has 11 aromatic carbocycles. The standard InChI is InChI=1S/C66H41NOS/c1-2-21-42(22-3-1)43-23-8-15-35-56(43)67(57-36-20-34-54-64(57)47-27-7-10-29-49(47)65(54)50-30-11-16-37-59(50)68-60-38-17-12-31-51(60)65)58-41-55-63(45-25-5-4-24-44(45)58)46-26-6-9-28-48(46)66(55)52-32-13-18-39-61(52)69-62-40-19-14-33-53(62)66/h1-41H. The molecule has 0 radical (unpaired) electrons. The number of para-hydroxylation sites is 3. The summed E-state index contributed by atoms with van der Waals surface area (Å²) in [6.45, 7) is 0. The second-order valence-corrected chi connectivity index (χ2v) is 19.6. The summed E-state index contributed by atoms with van der Waals surface area (Å²) in [6, 6.07) is 92.5. The first-order valence-electron chi connectivity index (χ1n) is 23.8. The van der Waals surface area contributed by atoms with Gasteiger partial charge in [-0.25, -0.2) is 0 Å². The zero-order valence-electron chi connectivity index (χ0n) is 37.4.